The predicted molar refractivity (Wildman–Crippen MR) is 71.8 cm³/mol. The minimum atomic E-state index is 0.706. The van der Waals surface area contributed by atoms with Crippen LogP contribution in [0, 0.1) is 23.7 Å². The Hall–Kier alpha value is 0.310. The van der Waals surface area contributed by atoms with Gasteiger partial charge in [0.2, 0.25) is 0 Å². The second kappa shape index (κ2) is 4.53. The van der Waals surface area contributed by atoms with E-state index >= 15 is 0 Å². The molecular weight excluding hydrogens is 214 g/mol. The molecule has 1 unspecified atom stereocenters. The van der Waals surface area contributed by atoms with Gasteiger partial charge in [-0.3, -0.25) is 0 Å². The highest BCUT2D eigenvalue weighted by Gasteiger charge is 2.48. The van der Waals surface area contributed by atoms with Gasteiger partial charge in [-0.15, -0.1) is 0 Å². The minimum Gasteiger partial charge on any atom is -0.310 e. The van der Waals surface area contributed by atoms with Crippen molar-refractivity contribution in [2.75, 3.05) is 12.0 Å². The average Bonchev–Trinajstić information content (AvgIpc) is 2.23. The zero-order valence-corrected chi connectivity index (χ0v) is 11.4. The zero-order valence-electron chi connectivity index (χ0n) is 10.6. The molecule has 2 heteroatoms. The SMILES string of the molecule is CSCC(C)NC1C2CC3CC(C2)CC1C3. The Morgan fingerprint density at radius 2 is 1.62 bits per heavy atom. The molecule has 1 atom stereocenters. The van der Waals surface area contributed by atoms with Crippen molar-refractivity contribution < 1.29 is 0 Å². The lowest BCUT2D eigenvalue weighted by Crippen LogP contribution is -2.56. The van der Waals surface area contributed by atoms with E-state index in [2.05, 4.69) is 18.5 Å². The molecular formula is C14H25NS. The topological polar surface area (TPSA) is 12.0 Å². The maximum Gasteiger partial charge on any atom is 0.0132 e. The maximum atomic E-state index is 3.94. The first kappa shape index (κ1) is 11.4. The van der Waals surface area contributed by atoms with E-state index in [1.54, 1.807) is 6.42 Å². The molecule has 92 valence electrons. The van der Waals surface area contributed by atoms with Gasteiger partial charge >= 0.3 is 0 Å². The maximum absolute atomic E-state index is 3.94. The monoisotopic (exact) mass is 239 g/mol. The molecule has 1 nitrogen and oxygen atoms in total. The molecule has 0 aromatic carbocycles. The largest absolute Gasteiger partial charge is 0.310 e. The second-order valence-electron chi connectivity index (χ2n) is 6.48. The Kier molecular flexibility index (Phi) is 3.23. The molecule has 4 aliphatic carbocycles. The predicted octanol–water partition coefficient (Wildman–Crippen LogP) is 3.15. The first-order valence-corrected chi connectivity index (χ1v) is 8.40. The van der Waals surface area contributed by atoms with Gasteiger partial charge in [0.25, 0.3) is 0 Å². The van der Waals surface area contributed by atoms with E-state index in [4.69, 9.17) is 0 Å². The van der Waals surface area contributed by atoms with Crippen LogP contribution < -0.4 is 5.32 Å². The van der Waals surface area contributed by atoms with E-state index in [9.17, 15) is 0 Å². The summed E-state index contributed by atoms with van der Waals surface area (Å²) in [5, 5.41) is 3.94. The Morgan fingerprint density at radius 3 is 2.12 bits per heavy atom. The molecule has 0 saturated heterocycles. The molecule has 0 aliphatic heterocycles. The Bertz CT molecular complexity index is 225. The summed E-state index contributed by atoms with van der Waals surface area (Å²) in [6.07, 6.45) is 9.94. The van der Waals surface area contributed by atoms with Crippen molar-refractivity contribution in [3.8, 4) is 0 Å². The van der Waals surface area contributed by atoms with Crippen molar-refractivity contribution in [3.05, 3.63) is 0 Å². The molecule has 0 radical (unpaired) electrons. The van der Waals surface area contributed by atoms with Gasteiger partial charge in [0, 0.05) is 17.8 Å². The Morgan fingerprint density at radius 1 is 1.06 bits per heavy atom. The van der Waals surface area contributed by atoms with Gasteiger partial charge in [-0.2, -0.15) is 11.8 Å². The third-order valence-electron chi connectivity index (χ3n) is 5.12. The highest BCUT2D eigenvalue weighted by Crippen LogP contribution is 2.53. The molecule has 0 aromatic rings. The summed E-state index contributed by atoms with van der Waals surface area (Å²) in [5.41, 5.74) is 0. The van der Waals surface area contributed by atoms with Crippen LogP contribution >= 0.6 is 11.8 Å². The van der Waals surface area contributed by atoms with Gasteiger partial charge in [-0.25, -0.2) is 0 Å². The lowest BCUT2D eigenvalue weighted by Gasteiger charge is -2.55. The van der Waals surface area contributed by atoms with Crippen LogP contribution in [0.25, 0.3) is 0 Å². The fraction of sp³-hybridized carbons (Fsp3) is 1.00. The first-order chi connectivity index (χ1) is 7.76. The Labute approximate surface area is 104 Å². The quantitative estimate of drug-likeness (QED) is 0.809. The molecule has 4 rings (SSSR count). The summed E-state index contributed by atoms with van der Waals surface area (Å²) in [6, 6.07) is 1.58. The molecule has 1 N–H and O–H groups in total. The molecule has 4 fully saturated rings. The molecule has 4 saturated carbocycles. The van der Waals surface area contributed by atoms with Crippen LogP contribution in [0.2, 0.25) is 0 Å². The fourth-order valence-electron chi connectivity index (χ4n) is 4.82. The summed E-state index contributed by atoms with van der Waals surface area (Å²) >= 11 is 1.97. The minimum absolute atomic E-state index is 0.706. The van der Waals surface area contributed by atoms with E-state index in [-0.39, 0.29) is 0 Å². The number of rotatable bonds is 4. The molecule has 4 bridgehead atoms. The van der Waals surface area contributed by atoms with Gasteiger partial charge in [0.05, 0.1) is 0 Å². The highest BCUT2D eigenvalue weighted by atomic mass is 32.2. The summed E-state index contributed by atoms with van der Waals surface area (Å²) in [6.45, 7) is 2.36. The van der Waals surface area contributed by atoms with Gasteiger partial charge in [-0.1, -0.05) is 0 Å². The van der Waals surface area contributed by atoms with Crippen LogP contribution in [0.1, 0.15) is 39.0 Å². The molecule has 16 heavy (non-hydrogen) atoms. The van der Waals surface area contributed by atoms with Crippen molar-refractivity contribution in [2.24, 2.45) is 23.7 Å². The number of nitrogens with one attached hydrogen (secondary N) is 1. The van der Waals surface area contributed by atoms with Crippen LogP contribution in [0.15, 0.2) is 0 Å². The van der Waals surface area contributed by atoms with E-state index in [0.717, 1.165) is 29.7 Å². The third kappa shape index (κ3) is 2.03. The number of hydrogen-bond donors (Lipinski definition) is 1. The zero-order chi connectivity index (χ0) is 11.1. The summed E-state index contributed by atoms with van der Waals surface area (Å²) < 4.78 is 0. The van der Waals surface area contributed by atoms with Crippen molar-refractivity contribution >= 4 is 11.8 Å². The average molecular weight is 239 g/mol. The lowest BCUT2D eigenvalue weighted by atomic mass is 9.54. The van der Waals surface area contributed by atoms with Crippen molar-refractivity contribution in [2.45, 2.75) is 51.1 Å². The smallest absolute Gasteiger partial charge is 0.0132 e. The van der Waals surface area contributed by atoms with Crippen molar-refractivity contribution in [1.29, 1.82) is 0 Å². The van der Waals surface area contributed by atoms with Gasteiger partial charge < -0.3 is 5.32 Å². The molecule has 4 aliphatic rings. The second-order valence-corrected chi connectivity index (χ2v) is 7.39. The van der Waals surface area contributed by atoms with Crippen LogP contribution in [0.4, 0.5) is 0 Å². The van der Waals surface area contributed by atoms with Crippen molar-refractivity contribution in [1.82, 2.24) is 5.32 Å². The lowest BCUT2D eigenvalue weighted by molar-refractivity contribution is -0.0161. The van der Waals surface area contributed by atoms with Crippen molar-refractivity contribution in [3.63, 3.8) is 0 Å². The highest BCUT2D eigenvalue weighted by molar-refractivity contribution is 7.98. The number of hydrogen-bond acceptors (Lipinski definition) is 2. The molecule has 0 amide bonds. The normalized spacial score (nSPS) is 47.2. The summed E-state index contributed by atoms with van der Waals surface area (Å²) in [7, 11) is 0. The van der Waals surface area contributed by atoms with E-state index < -0.39 is 0 Å². The van der Waals surface area contributed by atoms with Crippen LogP contribution in [0.3, 0.4) is 0 Å². The summed E-state index contributed by atoms with van der Waals surface area (Å²) in [4.78, 5) is 0. The molecule has 0 heterocycles. The van der Waals surface area contributed by atoms with Gasteiger partial charge in [-0.05, 0) is 69.0 Å². The fourth-order valence-corrected chi connectivity index (χ4v) is 5.42. The van der Waals surface area contributed by atoms with Crippen LogP contribution in [-0.4, -0.2) is 24.1 Å². The first-order valence-electron chi connectivity index (χ1n) is 7.01. The summed E-state index contributed by atoms with van der Waals surface area (Å²) in [5.74, 6) is 5.54. The van der Waals surface area contributed by atoms with E-state index in [0.29, 0.717) is 6.04 Å². The molecule has 0 spiro atoms. The van der Waals surface area contributed by atoms with Crippen LogP contribution in [-0.2, 0) is 0 Å². The molecule has 0 aromatic heterocycles. The third-order valence-corrected chi connectivity index (χ3v) is 5.95. The van der Waals surface area contributed by atoms with Gasteiger partial charge in [0.15, 0.2) is 0 Å². The standard InChI is InChI=1S/C14H25NS/c1-9(8-16-2)15-14-12-4-10-3-11(6-12)7-13(14)5-10/h9-15H,3-8H2,1-2H3. The van der Waals surface area contributed by atoms with E-state index in [1.165, 1.54) is 31.4 Å². The van der Waals surface area contributed by atoms with Gasteiger partial charge in [0.1, 0.15) is 0 Å². The number of thioether (sulfide) groups is 1. The van der Waals surface area contributed by atoms with E-state index in [1.807, 2.05) is 11.8 Å². The Balaban J connectivity index is 1.63. The van der Waals surface area contributed by atoms with Crippen LogP contribution in [0.5, 0.6) is 0 Å².